The van der Waals surface area contributed by atoms with Crippen LogP contribution in [0.2, 0.25) is 0 Å². The number of hydrogen-bond acceptors (Lipinski definition) is 6. The van der Waals surface area contributed by atoms with Crippen LogP contribution in [-0.2, 0) is 9.47 Å². The fourth-order valence-electron chi connectivity index (χ4n) is 3.84. The molecule has 0 atom stereocenters. The summed E-state index contributed by atoms with van der Waals surface area (Å²) in [6.07, 6.45) is 3.17. The lowest BCUT2D eigenvalue weighted by Gasteiger charge is -2.24. The van der Waals surface area contributed by atoms with Gasteiger partial charge < -0.3 is 18.9 Å². The third kappa shape index (κ3) is 2.80. The lowest BCUT2D eigenvalue weighted by atomic mass is 9.82. The number of benzene rings is 2. The second-order valence-corrected chi connectivity index (χ2v) is 6.68. The van der Waals surface area contributed by atoms with Crippen LogP contribution in [-0.4, -0.2) is 40.0 Å². The number of rotatable bonds is 4. The molecular formula is C24H20O6. The first kappa shape index (κ1) is 19.5. The molecule has 0 unspecified atom stereocenters. The van der Waals surface area contributed by atoms with E-state index < -0.39 is 0 Å². The molecule has 0 amide bonds. The van der Waals surface area contributed by atoms with Crippen molar-refractivity contribution in [3.63, 3.8) is 0 Å². The van der Waals surface area contributed by atoms with Gasteiger partial charge in [0.15, 0.2) is 11.6 Å². The van der Waals surface area contributed by atoms with E-state index in [1.165, 1.54) is 28.4 Å². The average Bonchev–Trinajstić information content (AvgIpc) is 2.79. The van der Waals surface area contributed by atoms with E-state index in [0.29, 0.717) is 45.3 Å². The first-order chi connectivity index (χ1) is 14.5. The van der Waals surface area contributed by atoms with Gasteiger partial charge in [0.1, 0.15) is 23.0 Å². The molecule has 0 bridgehead atoms. The van der Waals surface area contributed by atoms with Crippen LogP contribution in [0.1, 0.15) is 31.8 Å². The third-order valence-electron chi connectivity index (χ3n) is 5.25. The number of Topliss-reactive ketones (excluding diaryl/α,β-unsaturated/α-hetero) is 2. The fourth-order valence-corrected chi connectivity index (χ4v) is 3.84. The zero-order chi connectivity index (χ0) is 21.4. The van der Waals surface area contributed by atoms with E-state index in [1.54, 1.807) is 48.6 Å². The molecule has 0 aromatic heterocycles. The quantitative estimate of drug-likeness (QED) is 0.716. The van der Waals surface area contributed by atoms with Crippen molar-refractivity contribution in [2.75, 3.05) is 28.4 Å². The molecule has 0 spiro atoms. The molecule has 6 heteroatoms. The zero-order valence-corrected chi connectivity index (χ0v) is 17.1. The highest BCUT2D eigenvalue weighted by Gasteiger charge is 2.34. The Balaban J connectivity index is 2.02. The van der Waals surface area contributed by atoms with Gasteiger partial charge in [-0.15, -0.1) is 0 Å². The van der Waals surface area contributed by atoms with Crippen molar-refractivity contribution in [1.82, 2.24) is 0 Å². The molecule has 2 aromatic rings. The van der Waals surface area contributed by atoms with E-state index in [0.717, 1.165) is 0 Å². The van der Waals surface area contributed by atoms with Crippen molar-refractivity contribution in [1.29, 1.82) is 0 Å². The van der Waals surface area contributed by atoms with Crippen molar-refractivity contribution in [2.24, 2.45) is 0 Å². The van der Waals surface area contributed by atoms with E-state index in [-0.39, 0.29) is 22.7 Å². The highest BCUT2D eigenvalue weighted by atomic mass is 16.5. The maximum absolute atomic E-state index is 13.5. The fraction of sp³-hybridized carbons (Fsp3) is 0.167. The van der Waals surface area contributed by atoms with Gasteiger partial charge in [0, 0.05) is 22.3 Å². The summed E-state index contributed by atoms with van der Waals surface area (Å²) in [5.74, 6) is 1.12. The molecule has 4 rings (SSSR count). The minimum absolute atomic E-state index is 0.208. The van der Waals surface area contributed by atoms with Gasteiger partial charge in [-0.25, -0.2) is 0 Å². The van der Waals surface area contributed by atoms with Crippen molar-refractivity contribution < 1.29 is 28.5 Å². The molecule has 152 valence electrons. The first-order valence-electron chi connectivity index (χ1n) is 9.25. The number of carbonyl (C=O) groups is 2. The normalized spacial score (nSPS) is 17.5. The van der Waals surface area contributed by atoms with Crippen molar-refractivity contribution in [3.8, 4) is 11.5 Å². The number of fused-ring (bicyclic) bond motifs is 2. The molecule has 2 aromatic carbocycles. The molecule has 2 aliphatic rings. The zero-order valence-electron chi connectivity index (χ0n) is 17.1. The van der Waals surface area contributed by atoms with Crippen LogP contribution >= 0.6 is 0 Å². The molecule has 0 radical (unpaired) electrons. The predicted octanol–water partition coefficient (Wildman–Crippen LogP) is 4.07. The second-order valence-electron chi connectivity index (χ2n) is 6.68. The van der Waals surface area contributed by atoms with Crippen molar-refractivity contribution in [3.05, 3.63) is 82.0 Å². The molecule has 0 fully saturated rings. The van der Waals surface area contributed by atoms with E-state index in [1.807, 2.05) is 0 Å². The molecule has 0 heterocycles. The summed E-state index contributed by atoms with van der Waals surface area (Å²) in [7, 11) is 6.03. The summed E-state index contributed by atoms with van der Waals surface area (Å²) in [6, 6.07) is 10.5. The minimum atomic E-state index is -0.323. The minimum Gasteiger partial charge on any atom is -0.496 e. The van der Waals surface area contributed by atoms with Gasteiger partial charge in [-0.1, -0.05) is 24.3 Å². The van der Waals surface area contributed by atoms with Gasteiger partial charge in [-0.05, 0) is 24.3 Å². The van der Waals surface area contributed by atoms with Gasteiger partial charge in [-0.3, -0.25) is 9.59 Å². The summed E-state index contributed by atoms with van der Waals surface area (Å²) in [5, 5.41) is 0. The maximum atomic E-state index is 13.5. The van der Waals surface area contributed by atoms with Crippen LogP contribution in [0.25, 0.3) is 11.5 Å². The summed E-state index contributed by atoms with van der Waals surface area (Å²) in [5.41, 5.74) is 2.35. The smallest absolute Gasteiger partial charge is 0.198 e. The number of carbonyl (C=O) groups excluding carboxylic acids is 2. The van der Waals surface area contributed by atoms with Crippen LogP contribution in [0.5, 0.6) is 11.5 Å². The van der Waals surface area contributed by atoms with Crippen LogP contribution in [0, 0.1) is 0 Å². The molecule has 30 heavy (non-hydrogen) atoms. The summed E-state index contributed by atoms with van der Waals surface area (Å²) >= 11 is 0. The average molecular weight is 404 g/mol. The van der Waals surface area contributed by atoms with Gasteiger partial charge in [0.25, 0.3) is 0 Å². The lowest BCUT2D eigenvalue weighted by molar-refractivity contribution is 0.0998. The van der Waals surface area contributed by atoms with Crippen molar-refractivity contribution in [2.45, 2.75) is 0 Å². The van der Waals surface area contributed by atoms with Crippen LogP contribution < -0.4 is 9.47 Å². The SMILES string of the molecule is COC1=C/C(=C2\C=C(OC)c3cccc(OC)c3C2=O)C(=O)c2c(OC)cccc21. The van der Waals surface area contributed by atoms with E-state index >= 15 is 0 Å². The van der Waals surface area contributed by atoms with E-state index in [4.69, 9.17) is 18.9 Å². The van der Waals surface area contributed by atoms with E-state index in [2.05, 4.69) is 0 Å². The Morgan fingerprint density at radius 1 is 0.567 bits per heavy atom. The molecule has 0 saturated carbocycles. The van der Waals surface area contributed by atoms with Crippen LogP contribution in [0.4, 0.5) is 0 Å². The molecular weight excluding hydrogens is 384 g/mol. The number of methoxy groups -OCH3 is 4. The summed E-state index contributed by atoms with van der Waals surface area (Å²) < 4.78 is 21.8. The Kier molecular flexibility index (Phi) is 4.91. The number of ketones is 2. The van der Waals surface area contributed by atoms with Crippen molar-refractivity contribution >= 4 is 23.1 Å². The largest absolute Gasteiger partial charge is 0.496 e. The Morgan fingerprint density at radius 3 is 1.30 bits per heavy atom. The maximum Gasteiger partial charge on any atom is 0.198 e. The van der Waals surface area contributed by atoms with Gasteiger partial charge in [-0.2, -0.15) is 0 Å². The van der Waals surface area contributed by atoms with Gasteiger partial charge >= 0.3 is 0 Å². The number of ether oxygens (including phenoxy) is 4. The lowest BCUT2D eigenvalue weighted by Crippen LogP contribution is -2.20. The predicted molar refractivity (Wildman–Crippen MR) is 112 cm³/mol. The Hall–Kier alpha value is -3.80. The summed E-state index contributed by atoms with van der Waals surface area (Å²) in [4.78, 5) is 26.9. The highest BCUT2D eigenvalue weighted by Crippen LogP contribution is 2.40. The summed E-state index contributed by atoms with van der Waals surface area (Å²) in [6.45, 7) is 0. The first-order valence-corrected chi connectivity index (χ1v) is 9.25. The number of hydrogen-bond donors (Lipinski definition) is 0. The number of allylic oxidation sites excluding steroid dienone is 4. The molecule has 0 N–H and O–H groups in total. The standard InChI is InChI=1S/C24H20O6/c1-27-17-9-5-7-13-19(29-3)11-15(23(25)21(13)17)16-12-20(30-4)14-8-6-10-18(28-2)22(14)24(16)26/h5-12H,1-4H3/b16-15-. The Morgan fingerprint density at radius 2 is 0.967 bits per heavy atom. The van der Waals surface area contributed by atoms with E-state index in [9.17, 15) is 9.59 Å². The van der Waals surface area contributed by atoms with Gasteiger partial charge in [0.05, 0.1) is 39.6 Å². The topological polar surface area (TPSA) is 71.1 Å². The highest BCUT2D eigenvalue weighted by molar-refractivity contribution is 6.26. The van der Waals surface area contributed by atoms with Gasteiger partial charge in [0.2, 0.25) is 0 Å². The monoisotopic (exact) mass is 404 g/mol. The molecule has 0 saturated heterocycles. The third-order valence-corrected chi connectivity index (χ3v) is 5.25. The molecule has 2 aliphatic carbocycles. The molecule has 0 aliphatic heterocycles. The Bertz CT molecular complexity index is 1070. The van der Waals surface area contributed by atoms with Crippen LogP contribution in [0.3, 0.4) is 0 Å². The molecule has 6 nitrogen and oxygen atoms in total. The Labute approximate surface area is 174 Å². The second kappa shape index (κ2) is 7.55. The van der Waals surface area contributed by atoms with Crippen LogP contribution in [0.15, 0.2) is 59.7 Å².